The van der Waals surface area contributed by atoms with E-state index >= 15 is 0 Å². The minimum atomic E-state index is 0.484. The van der Waals surface area contributed by atoms with E-state index in [9.17, 15) is 0 Å². The molecule has 2 rings (SSSR count). The molecule has 0 spiro atoms. The molecule has 0 saturated carbocycles. The summed E-state index contributed by atoms with van der Waals surface area (Å²) in [6, 6.07) is 8.70. The number of halogens is 1. The maximum atomic E-state index is 5.89. The van der Waals surface area contributed by atoms with Crippen molar-refractivity contribution >= 4 is 23.4 Å². The van der Waals surface area contributed by atoms with Crippen LogP contribution in [0.4, 0.5) is 0 Å². The maximum Gasteiger partial charge on any atom is 0.0406 e. The van der Waals surface area contributed by atoms with E-state index in [0.29, 0.717) is 6.04 Å². The van der Waals surface area contributed by atoms with Gasteiger partial charge in [0.2, 0.25) is 0 Å². The molecule has 82 valence electrons. The molecule has 2 unspecified atom stereocenters. The third-order valence-corrected chi connectivity index (χ3v) is 4.42. The van der Waals surface area contributed by atoms with Gasteiger partial charge in [0, 0.05) is 11.1 Å². The van der Waals surface area contributed by atoms with E-state index in [1.807, 2.05) is 19.2 Å². The lowest BCUT2D eigenvalue weighted by atomic mass is 9.93. The van der Waals surface area contributed by atoms with Gasteiger partial charge >= 0.3 is 0 Å². The lowest BCUT2D eigenvalue weighted by molar-refractivity contribution is 0.420. The molecule has 0 aromatic heterocycles. The fraction of sp³-hybridized carbons (Fsp3) is 0.500. The Balaban J connectivity index is 2.14. The van der Waals surface area contributed by atoms with Crippen LogP contribution < -0.4 is 5.32 Å². The third-order valence-electron chi connectivity index (χ3n) is 2.98. The van der Waals surface area contributed by atoms with Crippen molar-refractivity contribution in [3.05, 3.63) is 34.9 Å². The maximum absolute atomic E-state index is 5.89. The van der Waals surface area contributed by atoms with Crippen molar-refractivity contribution in [1.82, 2.24) is 5.32 Å². The SMILES string of the molecule is CNC(c1ccc(Cl)cc1)C1CCSC1. The Hall–Kier alpha value is -0.180. The number of thioether (sulfide) groups is 1. The standard InChI is InChI=1S/C12H16ClNS/c1-14-12(10-6-7-15-8-10)9-2-4-11(13)5-3-9/h2-5,10,12,14H,6-8H2,1H3. The summed E-state index contributed by atoms with van der Waals surface area (Å²) in [5.74, 6) is 3.34. The van der Waals surface area contributed by atoms with Crippen molar-refractivity contribution in [2.45, 2.75) is 12.5 Å². The van der Waals surface area contributed by atoms with Crippen LogP contribution in [0.2, 0.25) is 5.02 Å². The Kier molecular flexibility index (Phi) is 3.95. The molecule has 1 N–H and O–H groups in total. The fourth-order valence-electron chi connectivity index (χ4n) is 2.16. The average Bonchev–Trinajstić information content (AvgIpc) is 2.75. The normalized spacial score (nSPS) is 22.9. The first kappa shape index (κ1) is 11.3. The number of benzene rings is 1. The van der Waals surface area contributed by atoms with Crippen LogP contribution in [0.15, 0.2) is 24.3 Å². The third kappa shape index (κ3) is 2.68. The Morgan fingerprint density at radius 3 is 2.67 bits per heavy atom. The zero-order valence-electron chi connectivity index (χ0n) is 8.87. The van der Waals surface area contributed by atoms with Crippen LogP contribution in [-0.4, -0.2) is 18.6 Å². The van der Waals surface area contributed by atoms with Gasteiger partial charge in [-0.2, -0.15) is 11.8 Å². The van der Waals surface area contributed by atoms with E-state index in [1.165, 1.54) is 23.5 Å². The quantitative estimate of drug-likeness (QED) is 0.871. The summed E-state index contributed by atoms with van der Waals surface area (Å²) in [5, 5.41) is 4.24. The van der Waals surface area contributed by atoms with Gasteiger partial charge < -0.3 is 5.32 Å². The topological polar surface area (TPSA) is 12.0 Å². The highest BCUT2D eigenvalue weighted by Gasteiger charge is 2.25. The summed E-state index contributed by atoms with van der Waals surface area (Å²) >= 11 is 7.95. The zero-order valence-corrected chi connectivity index (χ0v) is 10.4. The minimum absolute atomic E-state index is 0.484. The van der Waals surface area contributed by atoms with Crippen molar-refractivity contribution in [2.24, 2.45) is 5.92 Å². The Bertz CT molecular complexity index is 306. The first-order valence-electron chi connectivity index (χ1n) is 5.31. The van der Waals surface area contributed by atoms with Crippen LogP contribution in [0.5, 0.6) is 0 Å². The summed E-state index contributed by atoms with van der Waals surface area (Å²) < 4.78 is 0. The zero-order chi connectivity index (χ0) is 10.7. The molecule has 1 aliphatic heterocycles. The second-order valence-electron chi connectivity index (χ2n) is 3.94. The number of rotatable bonds is 3. The van der Waals surface area contributed by atoms with Gasteiger partial charge in [-0.3, -0.25) is 0 Å². The van der Waals surface area contributed by atoms with Crippen molar-refractivity contribution in [3.63, 3.8) is 0 Å². The summed E-state index contributed by atoms with van der Waals surface area (Å²) in [7, 11) is 2.04. The summed E-state index contributed by atoms with van der Waals surface area (Å²) in [6.45, 7) is 0. The van der Waals surface area contributed by atoms with Crippen LogP contribution in [0.1, 0.15) is 18.0 Å². The van der Waals surface area contributed by atoms with Crippen molar-refractivity contribution < 1.29 is 0 Å². The smallest absolute Gasteiger partial charge is 0.0406 e. The van der Waals surface area contributed by atoms with Crippen LogP contribution in [0, 0.1) is 5.92 Å². The highest BCUT2D eigenvalue weighted by atomic mass is 35.5. The Morgan fingerprint density at radius 2 is 2.13 bits per heavy atom. The van der Waals surface area contributed by atoms with Gasteiger partial charge in [-0.1, -0.05) is 23.7 Å². The van der Waals surface area contributed by atoms with E-state index < -0.39 is 0 Å². The predicted molar refractivity (Wildman–Crippen MR) is 68.7 cm³/mol. The lowest BCUT2D eigenvalue weighted by Gasteiger charge is -2.22. The molecular weight excluding hydrogens is 226 g/mol. The largest absolute Gasteiger partial charge is 0.313 e. The average molecular weight is 242 g/mol. The molecule has 1 nitrogen and oxygen atoms in total. The van der Waals surface area contributed by atoms with E-state index in [2.05, 4.69) is 29.2 Å². The van der Waals surface area contributed by atoms with E-state index in [-0.39, 0.29) is 0 Å². The highest BCUT2D eigenvalue weighted by Crippen LogP contribution is 2.34. The van der Waals surface area contributed by atoms with Gasteiger partial charge in [0.1, 0.15) is 0 Å². The molecule has 0 amide bonds. The number of nitrogens with one attached hydrogen (secondary N) is 1. The number of hydrogen-bond acceptors (Lipinski definition) is 2. The van der Waals surface area contributed by atoms with E-state index in [1.54, 1.807) is 0 Å². The molecule has 2 atom stereocenters. The highest BCUT2D eigenvalue weighted by molar-refractivity contribution is 7.99. The van der Waals surface area contributed by atoms with E-state index in [0.717, 1.165) is 10.9 Å². The molecule has 0 aliphatic carbocycles. The Morgan fingerprint density at radius 1 is 1.40 bits per heavy atom. The molecule has 0 radical (unpaired) electrons. The van der Waals surface area contributed by atoms with Gasteiger partial charge in [0.25, 0.3) is 0 Å². The molecule has 1 fully saturated rings. The van der Waals surface area contributed by atoms with E-state index in [4.69, 9.17) is 11.6 Å². The fourth-order valence-corrected chi connectivity index (χ4v) is 3.58. The molecule has 1 saturated heterocycles. The van der Waals surface area contributed by atoms with Gasteiger partial charge in [-0.25, -0.2) is 0 Å². The molecule has 15 heavy (non-hydrogen) atoms. The second-order valence-corrected chi connectivity index (χ2v) is 5.53. The van der Waals surface area contributed by atoms with Gasteiger partial charge in [-0.15, -0.1) is 0 Å². The number of hydrogen-bond donors (Lipinski definition) is 1. The summed E-state index contributed by atoms with van der Waals surface area (Å²) in [6.07, 6.45) is 1.32. The molecule has 1 aliphatic rings. The molecule has 3 heteroatoms. The first-order chi connectivity index (χ1) is 7.31. The molecular formula is C12H16ClNS. The van der Waals surface area contributed by atoms with Crippen molar-refractivity contribution in [2.75, 3.05) is 18.6 Å². The van der Waals surface area contributed by atoms with Crippen LogP contribution in [0.25, 0.3) is 0 Å². The van der Waals surface area contributed by atoms with Gasteiger partial charge in [0.05, 0.1) is 0 Å². The predicted octanol–water partition coefficient (Wildman–Crippen LogP) is 3.35. The van der Waals surface area contributed by atoms with Crippen LogP contribution in [0.3, 0.4) is 0 Å². The van der Waals surface area contributed by atoms with Gasteiger partial charge in [-0.05, 0) is 48.6 Å². The van der Waals surface area contributed by atoms with Crippen molar-refractivity contribution in [3.8, 4) is 0 Å². The Labute approximate surface area is 101 Å². The van der Waals surface area contributed by atoms with Crippen LogP contribution >= 0.6 is 23.4 Å². The second kappa shape index (κ2) is 5.24. The first-order valence-corrected chi connectivity index (χ1v) is 6.85. The van der Waals surface area contributed by atoms with Crippen LogP contribution in [-0.2, 0) is 0 Å². The molecule has 0 bridgehead atoms. The lowest BCUT2D eigenvalue weighted by Crippen LogP contribution is -2.25. The summed E-state index contributed by atoms with van der Waals surface area (Å²) in [4.78, 5) is 0. The minimum Gasteiger partial charge on any atom is -0.313 e. The molecule has 1 heterocycles. The molecule has 1 aromatic carbocycles. The monoisotopic (exact) mass is 241 g/mol. The summed E-state index contributed by atoms with van der Waals surface area (Å²) in [5.41, 5.74) is 1.36. The van der Waals surface area contributed by atoms with Gasteiger partial charge in [0.15, 0.2) is 0 Å². The molecule has 1 aromatic rings. The van der Waals surface area contributed by atoms with Crippen molar-refractivity contribution in [1.29, 1.82) is 0 Å².